The van der Waals surface area contributed by atoms with Crippen LogP contribution in [0.25, 0.3) is 0 Å². The van der Waals surface area contributed by atoms with Gasteiger partial charge in [0.1, 0.15) is 0 Å². The fourth-order valence-electron chi connectivity index (χ4n) is 4.72. The largest absolute Gasteiger partial charge is 0.502 e. The van der Waals surface area contributed by atoms with Crippen molar-refractivity contribution in [2.24, 2.45) is 0 Å². The van der Waals surface area contributed by atoms with Gasteiger partial charge >= 0.3 is 33.7 Å². The SMILES string of the molecule is COc1ccn(Cc2ccccc2Cl)c(=O)c1[N+](=O)[O-].ClCc1ccccc1Cl.O=c1[nH]ccc(O)c1[N+](=O)[O-].O=c1c([N+](=O)[O-])c(O)ccn1Cc1ccccc1Cl. The Morgan fingerprint density at radius 3 is 1.39 bits per heavy atom. The summed E-state index contributed by atoms with van der Waals surface area (Å²) in [6, 6.07) is 25.0. The van der Waals surface area contributed by atoms with Gasteiger partial charge in [-0.05, 0) is 34.9 Å². The Morgan fingerprint density at radius 2 is 1.02 bits per heavy atom. The zero-order chi connectivity index (χ0) is 43.8. The van der Waals surface area contributed by atoms with E-state index in [9.17, 15) is 49.8 Å². The lowest BCUT2D eigenvalue weighted by atomic mass is 10.2. The molecule has 0 spiro atoms. The molecule has 0 saturated heterocycles. The van der Waals surface area contributed by atoms with Crippen LogP contribution in [0.2, 0.25) is 15.1 Å². The molecule has 22 heteroatoms. The number of pyridine rings is 3. The predicted octanol–water partition coefficient (Wildman–Crippen LogP) is 7.70. The minimum atomic E-state index is -0.936. The van der Waals surface area contributed by atoms with Crippen molar-refractivity contribution in [1.82, 2.24) is 14.1 Å². The Labute approximate surface area is 352 Å². The quantitative estimate of drug-likeness (QED) is 0.0717. The molecule has 0 aliphatic heterocycles. The standard InChI is InChI=1S/C13H11ClN2O4.C12H9ClN2O4.C7H6Cl2.C5H4N2O4/c1-20-11-6-7-15(13(17)12(11)16(18)19)8-9-4-2-3-5-10(9)14;13-9-4-2-1-3-8(9)7-14-6-5-10(16)11(12(14)17)15(18)19;8-5-6-3-1-2-4-7(6)9;8-3-1-2-6-5(9)4(3)7(10)11/h2-7H,8H2,1H3;1-6,16H,7H2;1-4H,5H2;1-2H,(H2,6,8,9). The predicted molar refractivity (Wildman–Crippen MR) is 220 cm³/mol. The number of nitrogens with one attached hydrogen (secondary N) is 1. The molecule has 308 valence electrons. The van der Waals surface area contributed by atoms with Crippen LogP contribution in [0.3, 0.4) is 0 Å². The van der Waals surface area contributed by atoms with Gasteiger partial charge in [0.2, 0.25) is 17.2 Å². The molecule has 59 heavy (non-hydrogen) atoms. The fraction of sp³-hybridized carbons (Fsp3) is 0.108. The first kappa shape index (κ1) is 46.7. The van der Waals surface area contributed by atoms with Gasteiger partial charge in [-0.15, -0.1) is 11.6 Å². The smallest absolute Gasteiger partial charge is 0.375 e. The maximum atomic E-state index is 12.1. The molecular weight excluding hydrogens is 862 g/mol. The van der Waals surface area contributed by atoms with Gasteiger partial charge in [0.15, 0.2) is 0 Å². The maximum Gasteiger partial charge on any atom is 0.375 e. The summed E-state index contributed by atoms with van der Waals surface area (Å²) in [4.78, 5) is 65.8. The topological polar surface area (TPSA) is 256 Å². The number of hydrogen-bond donors (Lipinski definition) is 3. The third-order valence-corrected chi connectivity index (χ3v) is 9.00. The second kappa shape index (κ2) is 22.3. The lowest BCUT2D eigenvalue weighted by Crippen LogP contribution is -2.23. The molecule has 0 bridgehead atoms. The maximum absolute atomic E-state index is 12.1. The van der Waals surface area contributed by atoms with E-state index in [4.69, 9.17) is 56.2 Å². The monoisotopic (exact) mass is 890 g/mol. The molecule has 3 aromatic heterocycles. The van der Waals surface area contributed by atoms with Gasteiger partial charge in [0, 0.05) is 57.7 Å². The lowest BCUT2D eigenvalue weighted by Gasteiger charge is -2.08. The molecule has 3 heterocycles. The van der Waals surface area contributed by atoms with Crippen molar-refractivity contribution in [1.29, 1.82) is 0 Å². The van der Waals surface area contributed by atoms with Gasteiger partial charge in [0.05, 0.1) is 35.0 Å². The molecule has 6 rings (SSSR count). The van der Waals surface area contributed by atoms with Crippen LogP contribution in [0.4, 0.5) is 17.1 Å². The summed E-state index contributed by atoms with van der Waals surface area (Å²) in [5.41, 5.74) is -2.40. The Morgan fingerprint density at radius 1 is 0.610 bits per heavy atom. The van der Waals surface area contributed by atoms with E-state index in [2.05, 4.69) is 4.98 Å². The normalized spacial score (nSPS) is 10.1. The van der Waals surface area contributed by atoms with E-state index in [-0.39, 0.29) is 18.8 Å². The number of aromatic hydroxyl groups is 2. The molecule has 3 aromatic carbocycles. The summed E-state index contributed by atoms with van der Waals surface area (Å²) in [6.45, 7) is 0.253. The third-order valence-electron chi connectivity index (χ3n) is 7.60. The van der Waals surface area contributed by atoms with Crippen LogP contribution < -0.4 is 21.4 Å². The van der Waals surface area contributed by atoms with Crippen molar-refractivity contribution in [2.45, 2.75) is 19.0 Å². The summed E-state index contributed by atoms with van der Waals surface area (Å²) < 4.78 is 7.18. The van der Waals surface area contributed by atoms with Crippen LogP contribution in [0.15, 0.2) is 124 Å². The van der Waals surface area contributed by atoms with E-state index in [1.54, 1.807) is 48.5 Å². The van der Waals surface area contributed by atoms with Gasteiger partial charge in [0.25, 0.3) is 0 Å². The van der Waals surface area contributed by atoms with Crippen molar-refractivity contribution in [2.75, 3.05) is 7.11 Å². The minimum Gasteiger partial charge on any atom is -0.502 e. The first-order valence-electron chi connectivity index (χ1n) is 16.3. The summed E-state index contributed by atoms with van der Waals surface area (Å²) >= 11 is 23.3. The van der Waals surface area contributed by atoms with Gasteiger partial charge in [-0.25, -0.2) is 0 Å². The van der Waals surface area contributed by atoms with E-state index in [0.717, 1.165) is 33.5 Å². The summed E-state index contributed by atoms with van der Waals surface area (Å²) in [5.74, 6) is -0.848. The average Bonchev–Trinajstić information content (AvgIpc) is 3.19. The van der Waals surface area contributed by atoms with E-state index in [1.165, 1.54) is 30.1 Å². The van der Waals surface area contributed by atoms with Crippen molar-refractivity contribution < 1.29 is 29.7 Å². The Hall–Kier alpha value is -6.73. The van der Waals surface area contributed by atoms with Gasteiger partial charge in [-0.2, -0.15) is 0 Å². The molecule has 0 unspecified atom stereocenters. The van der Waals surface area contributed by atoms with Gasteiger partial charge < -0.3 is 29.1 Å². The Kier molecular flexibility index (Phi) is 17.6. The number of rotatable bonds is 9. The molecule has 0 atom stereocenters. The van der Waals surface area contributed by atoms with E-state index >= 15 is 0 Å². The lowest BCUT2D eigenvalue weighted by molar-refractivity contribution is -0.387. The zero-order valence-corrected chi connectivity index (χ0v) is 33.3. The highest BCUT2D eigenvalue weighted by molar-refractivity contribution is 6.32. The van der Waals surface area contributed by atoms with Gasteiger partial charge in [-0.3, -0.25) is 44.7 Å². The number of H-pyrrole nitrogens is 1. The summed E-state index contributed by atoms with van der Waals surface area (Å²) in [6.07, 6.45) is 3.86. The second-order valence-corrected chi connectivity index (χ2v) is 12.9. The number of hydrogen-bond acceptors (Lipinski definition) is 12. The van der Waals surface area contributed by atoms with Crippen LogP contribution in [0, 0.1) is 30.3 Å². The molecule has 18 nitrogen and oxygen atoms in total. The Bertz CT molecular complexity index is 2640. The molecule has 0 saturated carbocycles. The van der Waals surface area contributed by atoms with Gasteiger partial charge in [-0.1, -0.05) is 89.4 Å². The molecule has 0 aliphatic rings. The Balaban J connectivity index is 0.000000221. The first-order chi connectivity index (χ1) is 28.0. The van der Waals surface area contributed by atoms with Crippen molar-refractivity contribution in [3.63, 3.8) is 0 Å². The number of alkyl halides is 1. The molecule has 0 amide bonds. The van der Waals surface area contributed by atoms with Crippen molar-refractivity contribution in [3.8, 4) is 17.2 Å². The van der Waals surface area contributed by atoms with E-state index < -0.39 is 60.0 Å². The average molecular weight is 892 g/mol. The first-order valence-corrected chi connectivity index (χ1v) is 18.0. The van der Waals surface area contributed by atoms with Crippen LogP contribution in [0.5, 0.6) is 17.2 Å². The van der Waals surface area contributed by atoms with Crippen LogP contribution in [-0.2, 0) is 19.0 Å². The summed E-state index contributed by atoms with van der Waals surface area (Å²) in [7, 11) is 1.28. The molecule has 3 N–H and O–H groups in total. The van der Waals surface area contributed by atoms with Crippen molar-refractivity contribution >= 4 is 63.5 Å². The number of aromatic nitrogens is 3. The highest BCUT2D eigenvalue weighted by Crippen LogP contribution is 2.24. The van der Waals surface area contributed by atoms with Crippen LogP contribution >= 0.6 is 46.4 Å². The van der Waals surface area contributed by atoms with Crippen LogP contribution in [-0.4, -0.2) is 46.2 Å². The fourth-order valence-corrected chi connectivity index (χ4v) is 5.61. The van der Waals surface area contributed by atoms with E-state index in [1.807, 2.05) is 24.3 Å². The zero-order valence-electron chi connectivity index (χ0n) is 30.2. The van der Waals surface area contributed by atoms with E-state index in [0.29, 0.717) is 27.1 Å². The number of methoxy groups -OCH3 is 1. The second-order valence-electron chi connectivity index (χ2n) is 11.4. The molecule has 6 aromatic rings. The minimum absolute atomic E-state index is 0.0598. The highest BCUT2D eigenvalue weighted by Gasteiger charge is 2.23. The van der Waals surface area contributed by atoms with Crippen molar-refractivity contribution in [3.05, 3.63) is 203 Å². The number of benzene rings is 3. The molecule has 0 fully saturated rings. The number of nitrogens with zero attached hydrogens (tertiary/aromatic N) is 5. The third kappa shape index (κ3) is 12.9. The molecular formula is C37H30Cl4N6O12. The molecule has 0 aliphatic carbocycles. The number of ether oxygens (including phenoxy) is 1. The van der Waals surface area contributed by atoms with Crippen LogP contribution in [0.1, 0.15) is 16.7 Å². The molecule has 0 radical (unpaired) electrons. The number of nitro groups is 3. The number of aromatic amines is 1. The summed E-state index contributed by atoms with van der Waals surface area (Å²) in [5, 5.41) is 51.6. The number of halogens is 4. The highest BCUT2D eigenvalue weighted by atomic mass is 35.5.